The Balaban J connectivity index is 0.993. The van der Waals surface area contributed by atoms with Gasteiger partial charge in [0.25, 0.3) is 0 Å². The van der Waals surface area contributed by atoms with Crippen LogP contribution in [-0.4, -0.2) is 75.2 Å². The van der Waals surface area contributed by atoms with Crippen LogP contribution in [0.1, 0.15) is 99.3 Å². The van der Waals surface area contributed by atoms with Gasteiger partial charge in [0.2, 0.25) is 10.0 Å². The van der Waals surface area contributed by atoms with Gasteiger partial charge in [0.05, 0.1) is 43.9 Å². The predicted octanol–water partition coefficient (Wildman–Crippen LogP) is 10.2. The van der Waals surface area contributed by atoms with E-state index >= 15 is 0 Å². The lowest BCUT2D eigenvalue weighted by Crippen LogP contribution is -2.50. The monoisotopic (exact) mass is 924 g/mol. The van der Waals surface area contributed by atoms with Crippen LogP contribution in [0, 0.1) is 23.2 Å². The van der Waals surface area contributed by atoms with Gasteiger partial charge in [0, 0.05) is 36.6 Å². The molecular formula is C53H65ClN2O8S. The van der Waals surface area contributed by atoms with E-state index in [2.05, 4.69) is 23.1 Å². The zero-order valence-electron chi connectivity index (χ0n) is 38.9. The lowest BCUT2D eigenvalue weighted by Gasteiger charge is -2.48. The van der Waals surface area contributed by atoms with E-state index in [1.807, 2.05) is 101 Å². The third-order valence-electron chi connectivity index (χ3n) is 14.2. The number of hydrogen-bond donors (Lipinski definition) is 1. The number of rotatable bonds is 15. The first-order valence-corrected chi connectivity index (χ1v) is 25.0. The molecule has 0 aromatic heterocycles. The van der Waals surface area contributed by atoms with E-state index in [1.165, 1.54) is 11.1 Å². The predicted molar refractivity (Wildman–Crippen MR) is 257 cm³/mol. The van der Waals surface area contributed by atoms with Crippen molar-refractivity contribution in [1.82, 2.24) is 4.31 Å². The molecule has 1 aliphatic heterocycles. The van der Waals surface area contributed by atoms with Crippen molar-refractivity contribution in [1.29, 1.82) is 0 Å². The molecule has 4 aromatic carbocycles. The third kappa shape index (κ3) is 10.4. The number of aliphatic hydroxyl groups excluding tert-OH is 1. The number of sulfonamides is 1. The van der Waals surface area contributed by atoms with Gasteiger partial charge < -0.3 is 29.0 Å². The number of hydrogen-bond acceptors (Lipinski definition) is 9. The van der Waals surface area contributed by atoms with Crippen molar-refractivity contribution in [3.8, 4) is 17.2 Å². The molecule has 4 aliphatic rings. The number of carbonyl (C=O) groups excluding carboxylic acids is 1. The van der Waals surface area contributed by atoms with E-state index in [4.69, 9.17) is 30.5 Å². The number of benzene rings is 4. The van der Waals surface area contributed by atoms with Crippen molar-refractivity contribution in [3.05, 3.63) is 129 Å². The fourth-order valence-corrected chi connectivity index (χ4v) is 12.6. The first-order chi connectivity index (χ1) is 30.8. The smallest absolute Gasteiger partial charge is 0.338 e. The van der Waals surface area contributed by atoms with Gasteiger partial charge in [0.15, 0.2) is 0 Å². The summed E-state index contributed by atoms with van der Waals surface area (Å²) in [5.74, 6) is 1.98. The summed E-state index contributed by atoms with van der Waals surface area (Å²) in [6.45, 7) is 12.0. The summed E-state index contributed by atoms with van der Waals surface area (Å²) >= 11 is 6.51. The summed E-state index contributed by atoms with van der Waals surface area (Å²) in [6.07, 6.45) is 6.97. The molecule has 1 spiro atoms. The highest BCUT2D eigenvalue weighted by Crippen LogP contribution is 2.50. The third-order valence-corrected chi connectivity index (χ3v) is 16.6. The summed E-state index contributed by atoms with van der Waals surface area (Å²) in [5, 5.41) is 12.8. The van der Waals surface area contributed by atoms with Crippen LogP contribution in [0.5, 0.6) is 17.2 Å². The Bertz CT molecular complexity index is 2450. The molecule has 65 heavy (non-hydrogen) atoms. The number of fused-ring (bicyclic) bond motifs is 3. The fourth-order valence-electron chi connectivity index (χ4n) is 10.4. The Kier molecular flexibility index (Phi) is 13.5. The highest BCUT2D eigenvalue weighted by atomic mass is 35.5. The van der Waals surface area contributed by atoms with Crippen molar-refractivity contribution >= 4 is 33.3 Å². The number of anilines is 1. The zero-order chi connectivity index (χ0) is 46.3. The minimum Gasteiger partial charge on any atom is -0.497 e. The van der Waals surface area contributed by atoms with E-state index in [0.717, 1.165) is 65.3 Å². The van der Waals surface area contributed by atoms with Gasteiger partial charge in [-0.05, 0) is 165 Å². The van der Waals surface area contributed by atoms with Crippen molar-refractivity contribution in [2.24, 2.45) is 23.2 Å². The largest absolute Gasteiger partial charge is 0.497 e. The number of allylic oxidation sites excluding steroid dienone is 1. The molecule has 0 radical (unpaired) electrons. The summed E-state index contributed by atoms with van der Waals surface area (Å²) in [7, 11) is -0.529. The molecule has 0 amide bonds. The van der Waals surface area contributed by atoms with Crippen molar-refractivity contribution < 1.29 is 37.3 Å². The molecule has 8 rings (SSSR count). The summed E-state index contributed by atoms with van der Waals surface area (Å²) in [4.78, 5) is 15.8. The minimum absolute atomic E-state index is 0.00934. The Morgan fingerprint density at radius 3 is 2.15 bits per heavy atom. The van der Waals surface area contributed by atoms with Crippen molar-refractivity contribution in [2.75, 3.05) is 44.6 Å². The van der Waals surface area contributed by atoms with Crippen LogP contribution >= 0.6 is 11.6 Å². The summed E-state index contributed by atoms with van der Waals surface area (Å²) < 4.78 is 53.6. The molecule has 1 saturated carbocycles. The van der Waals surface area contributed by atoms with Gasteiger partial charge in [-0.15, -0.1) is 0 Å². The summed E-state index contributed by atoms with van der Waals surface area (Å²) in [6, 6.07) is 26.9. The molecule has 1 fully saturated rings. The molecule has 12 heteroatoms. The topological polar surface area (TPSA) is 115 Å². The lowest BCUT2D eigenvalue weighted by atomic mass is 9.62. The van der Waals surface area contributed by atoms with E-state index in [9.17, 15) is 18.3 Å². The number of esters is 1. The first kappa shape index (κ1) is 47.0. The number of carbonyl (C=O) groups is 1. The van der Waals surface area contributed by atoms with Crippen LogP contribution in [0.25, 0.3) is 0 Å². The Morgan fingerprint density at radius 1 is 0.923 bits per heavy atom. The quantitative estimate of drug-likeness (QED) is 0.0919. The van der Waals surface area contributed by atoms with Gasteiger partial charge in [-0.2, -0.15) is 4.31 Å². The minimum atomic E-state index is -3.75. The van der Waals surface area contributed by atoms with Crippen LogP contribution in [0.15, 0.2) is 96.6 Å². The number of ether oxygens (including phenoxy) is 4. The average Bonchev–Trinajstić information content (AvgIpc) is 3.37. The van der Waals surface area contributed by atoms with Gasteiger partial charge in [0.1, 0.15) is 22.8 Å². The van der Waals surface area contributed by atoms with E-state index in [-0.39, 0.29) is 48.0 Å². The Labute approximate surface area is 390 Å². The second-order valence-corrected chi connectivity index (χ2v) is 22.9. The zero-order valence-corrected chi connectivity index (χ0v) is 40.5. The molecule has 4 aromatic rings. The second-order valence-electron chi connectivity index (χ2n) is 20.5. The van der Waals surface area contributed by atoms with Crippen molar-refractivity contribution in [3.63, 3.8) is 0 Å². The number of halogens is 1. The van der Waals surface area contributed by atoms with Gasteiger partial charge in [-0.3, -0.25) is 0 Å². The van der Waals surface area contributed by atoms with Crippen LogP contribution in [-0.2, 0) is 39.7 Å². The highest BCUT2D eigenvalue weighted by molar-refractivity contribution is 7.89. The lowest BCUT2D eigenvalue weighted by molar-refractivity contribution is 0.00694. The number of aryl methyl sites for hydroxylation is 1. The highest BCUT2D eigenvalue weighted by Gasteiger charge is 2.47. The van der Waals surface area contributed by atoms with Gasteiger partial charge >= 0.3 is 5.97 Å². The maximum Gasteiger partial charge on any atom is 0.338 e. The van der Waals surface area contributed by atoms with Crippen LogP contribution in [0.3, 0.4) is 0 Å². The number of aliphatic hydroxyl groups is 1. The Morgan fingerprint density at radius 2 is 1.57 bits per heavy atom. The molecule has 3 aliphatic carbocycles. The van der Waals surface area contributed by atoms with Crippen LogP contribution in [0.2, 0.25) is 5.02 Å². The van der Waals surface area contributed by atoms with Crippen molar-refractivity contribution in [2.45, 2.75) is 103 Å². The standard InChI is InChI=1S/C53H65ClN2O8S/c1-51(2,3)64-50(58)38-15-23-48-47(28-38)55(32-53(33-63-48)24-8-9-37-27-42(54)16-22-46(37)53)31-39-14-21-45(39)49(57)40-25-41(26-40)52(4,5)34-65(59,60)56(29-35-10-17-43(61-6)18-11-35)30-36-12-19-44(62-7)20-13-36/h10-13,15-20,22-23,25,27-28,39,41,45,49,57H,8-9,14,21,24,26,29-34H2,1-7H3/t39-,41?,45+,49-,53-/m0/s1. The average molecular weight is 926 g/mol. The van der Waals surface area contributed by atoms with E-state index in [0.29, 0.717) is 43.2 Å². The van der Waals surface area contributed by atoms with Crippen LogP contribution < -0.4 is 19.1 Å². The molecule has 1 N–H and O–H groups in total. The second kappa shape index (κ2) is 18.6. The normalized spacial score (nSPS) is 22.3. The van der Waals surface area contributed by atoms with Gasteiger partial charge in [-0.25, -0.2) is 13.2 Å². The molecule has 1 heterocycles. The number of nitrogens with zero attached hydrogens (tertiary/aromatic N) is 2. The fraction of sp³-hybridized carbons (Fsp3) is 0.491. The van der Waals surface area contributed by atoms with Gasteiger partial charge in [-0.1, -0.05) is 61.9 Å². The molecule has 348 valence electrons. The molecule has 5 atom stereocenters. The van der Waals surface area contributed by atoms with E-state index < -0.39 is 27.1 Å². The SMILES string of the molecule is COc1ccc(CN(Cc2ccc(OC)cc2)S(=O)(=O)CC(C)(C)C2C=C([C@H](O)[C@@H]3CC[C@H]3CN3C[C@@]4(CCCc5cc(Cl)ccc54)COc4ccc(C(=O)OC(C)(C)C)cc43)C2)cc1. The maximum atomic E-state index is 14.4. The molecule has 10 nitrogen and oxygen atoms in total. The molecule has 1 unspecified atom stereocenters. The molecule has 0 saturated heterocycles. The molecule has 0 bridgehead atoms. The van der Waals surface area contributed by atoms with E-state index in [1.54, 1.807) is 24.6 Å². The maximum absolute atomic E-state index is 14.4. The van der Waals surface area contributed by atoms with Crippen LogP contribution in [0.4, 0.5) is 5.69 Å². The molecular weight excluding hydrogens is 860 g/mol. The summed E-state index contributed by atoms with van der Waals surface area (Å²) in [5.41, 5.74) is 5.09. The number of methoxy groups -OCH3 is 2. The Hall–Kier alpha value is -4.55. The first-order valence-electron chi connectivity index (χ1n) is 23.0.